The molecule has 3 aromatic carbocycles. The minimum Gasteiger partial charge on any atom is -1.00 e. The molecule has 0 fully saturated rings. The molecule has 4 rings (SSSR count). The molecule has 1 heterocycles. The van der Waals surface area contributed by atoms with Crippen LogP contribution >= 0.6 is 0 Å². The van der Waals surface area contributed by atoms with Crippen LogP contribution in [-0.4, -0.2) is 18.6 Å². The van der Waals surface area contributed by atoms with Gasteiger partial charge in [0, 0.05) is 29.2 Å². The molecule has 0 unspecified atom stereocenters. The molecule has 4 nitrogen and oxygen atoms in total. The molecular formula is C25H25ClFN2O2-. The number of ether oxygens (including phenoxy) is 2. The van der Waals surface area contributed by atoms with Gasteiger partial charge in [-0.25, -0.2) is 4.39 Å². The molecule has 0 aliphatic carbocycles. The van der Waals surface area contributed by atoms with Crippen molar-refractivity contribution in [2.75, 3.05) is 13.7 Å². The minimum absolute atomic E-state index is 0. The maximum atomic E-state index is 13.8. The second-order valence-corrected chi connectivity index (χ2v) is 7.15. The van der Waals surface area contributed by atoms with Crippen LogP contribution in [0, 0.1) is 5.82 Å². The van der Waals surface area contributed by atoms with Crippen LogP contribution in [0.4, 0.5) is 4.39 Å². The fourth-order valence-corrected chi connectivity index (χ4v) is 3.51. The van der Waals surface area contributed by atoms with Crippen LogP contribution in [0.15, 0.2) is 72.9 Å². The lowest BCUT2D eigenvalue weighted by Gasteiger charge is -2.13. The van der Waals surface area contributed by atoms with Crippen molar-refractivity contribution in [1.82, 2.24) is 10.3 Å². The fourth-order valence-electron chi connectivity index (χ4n) is 3.51. The first-order valence-corrected chi connectivity index (χ1v) is 10.0. The summed E-state index contributed by atoms with van der Waals surface area (Å²) in [6.07, 6.45) is 3.03. The van der Waals surface area contributed by atoms with Crippen molar-refractivity contribution in [1.29, 1.82) is 0 Å². The minimum atomic E-state index is -0.271. The third kappa shape index (κ3) is 5.57. The van der Waals surface area contributed by atoms with E-state index in [0.717, 1.165) is 25.1 Å². The van der Waals surface area contributed by atoms with Gasteiger partial charge in [0.1, 0.15) is 12.4 Å². The van der Waals surface area contributed by atoms with E-state index in [0.29, 0.717) is 17.1 Å². The Morgan fingerprint density at radius 2 is 1.74 bits per heavy atom. The van der Waals surface area contributed by atoms with Crippen molar-refractivity contribution >= 4 is 10.9 Å². The first-order chi connectivity index (χ1) is 14.7. The Balaban J connectivity index is 0.00000272. The highest BCUT2D eigenvalue weighted by atomic mass is 35.5. The average molecular weight is 440 g/mol. The van der Waals surface area contributed by atoms with Crippen molar-refractivity contribution in [3.05, 3.63) is 95.4 Å². The lowest BCUT2D eigenvalue weighted by atomic mass is 10.1. The summed E-state index contributed by atoms with van der Waals surface area (Å²) >= 11 is 0. The van der Waals surface area contributed by atoms with Gasteiger partial charge in [0.25, 0.3) is 0 Å². The van der Waals surface area contributed by atoms with E-state index in [4.69, 9.17) is 9.47 Å². The Kier molecular flexibility index (Phi) is 7.93. The van der Waals surface area contributed by atoms with Gasteiger partial charge in [-0.2, -0.15) is 0 Å². The van der Waals surface area contributed by atoms with E-state index in [1.165, 1.54) is 22.5 Å². The van der Waals surface area contributed by atoms with Crippen molar-refractivity contribution < 1.29 is 26.3 Å². The van der Waals surface area contributed by atoms with Crippen LogP contribution in [0.5, 0.6) is 11.5 Å². The smallest absolute Gasteiger partial charge is 0.161 e. The molecule has 4 aromatic rings. The summed E-state index contributed by atoms with van der Waals surface area (Å²) < 4.78 is 25.0. The van der Waals surface area contributed by atoms with Gasteiger partial charge in [0.2, 0.25) is 0 Å². The van der Waals surface area contributed by atoms with Gasteiger partial charge in [0.15, 0.2) is 11.5 Å². The zero-order valence-corrected chi connectivity index (χ0v) is 18.1. The predicted octanol–water partition coefficient (Wildman–Crippen LogP) is 2.23. The second kappa shape index (κ2) is 10.8. The first kappa shape index (κ1) is 22.7. The SMILES string of the molecule is COc1cc(CNCCc2c[nH]c3ccccc23)ccc1OCc1ccccc1F.[Cl-]. The Hall–Kier alpha value is -3.02. The van der Waals surface area contributed by atoms with Crippen LogP contribution in [0.25, 0.3) is 10.9 Å². The van der Waals surface area contributed by atoms with Crippen molar-refractivity contribution in [3.8, 4) is 11.5 Å². The summed E-state index contributed by atoms with van der Waals surface area (Å²) in [5.41, 5.74) is 4.10. The summed E-state index contributed by atoms with van der Waals surface area (Å²) in [6, 6.07) is 20.8. The summed E-state index contributed by atoms with van der Waals surface area (Å²) in [5, 5.41) is 4.76. The number of benzene rings is 3. The summed E-state index contributed by atoms with van der Waals surface area (Å²) in [6.45, 7) is 1.76. The molecule has 0 spiro atoms. The third-order valence-corrected chi connectivity index (χ3v) is 5.14. The molecule has 0 aliphatic heterocycles. The van der Waals surface area contributed by atoms with Crippen LogP contribution in [0.3, 0.4) is 0 Å². The summed E-state index contributed by atoms with van der Waals surface area (Å²) in [7, 11) is 1.61. The summed E-state index contributed by atoms with van der Waals surface area (Å²) in [4.78, 5) is 3.31. The predicted molar refractivity (Wildman–Crippen MR) is 117 cm³/mol. The van der Waals surface area contributed by atoms with Gasteiger partial charge in [0.05, 0.1) is 7.11 Å². The monoisotopic (exact) mass is 439 g/mol. The molecule has 0 amide bonds. The molecule has 1 aromatic heterocycles. The Bertz CT molecular complexity index is 1130. The van der Waals surface area contributed by atoms with E-state index in [2.05, 4.69) is 34.7 Å². The maximum absolute atomic E-state index is 13.8. The van der Waals surface area contributed by atoms with E-state index in [1.54, 1.807) is 25.3 Å². The van der Waals surface area contributed by atoms with Crippen molar-refractivity contribution in [2.45, 2.75) is 19.6 Å². The molecule has 0 aliphatic rings. The molecule has 0 radical (unpaired) electrons. The highest BCUT2D eigenvalue weighted by Crippen LogP contribution is 2.29. The number of para-hydroxylation sites is 1. The van der Waals surface area contributed by atoms with E-state index in [9.17, 15) is 4.39 Å². The zero-order chi connectivity index (χ0) is 20.8. The number of rotatable bonds is 9. The average Bonchev–Trinajstić information content (AvgIpc) is 3.19. The van der Waals surface area contributed by atoms with E-state index >= 15 is 0 Å². The van der Waals surface area contributed by atoms with Crippen LogP contribution in [-0.2, 0) is 19.6 Å². The van der Waals surface area contributed by atoms with Gasteiger partial charge in [-0.05, 0) is 48.4 Å². The second-order valence-electron chi connectivity index (χ2n) is 7.15. The molecule has 0 saturated heterocycles. The Morgan fingerprint density at radius 1 is 0.935 bits per heavy atom. The number of H-pyrrole nitrogens is 1. The Morgan fingerprint density at radius 3 is 2.58 bits per heavy atom. The standard InChI is InChI=1S/C25H25FN2O2.ClH/c1-29-25-14-18(10-11-24(25)30-17-20-6-2-4-8-22(20)26)15-27-13-12-19-16-28-23-9-5-3-7-21(19)23;/h2-11,14,16,27-28H,12-13,15,17H2,1H3;1H/p-1. The van der Waals surface area contributed by atoms with Gasteiger partial charge >= 0.3 is 0 Å². The lowest BCUT2D eigenvalue weighted by Crippen LogP contribution is -3.00. The molecule has 0 atom stereocenters. The number of hydrogen-bond acceptors (Lipinski definition) is 3. The van der Waals surface area contributed by atoms with E-state index < -0.39 is 0 Å². The van der Waals surface area contributed by atoms with Crippen LogP contribution in [0.2, 0.25) is 0 Å². The van der Waals surface area contributed by atoms with Crippen molar-refractivity contribution in [3.63, 3.8) is 0 Å². The van der Waals surface area contributed by atoms with Crippen LogP contribution < -0.4 is 27.2 Å². The lowest BCUT2D eigenvalue weighted by molar-refractivity contribution is -0.00000725. The number of hydrogen-bond donors (Lipinski definition) is 2. The largest absolute Gasteiger partial charge is 1.00 e. The number of fused-ring (bicyclic) bond motifs is 1. The number of nitrogens with one attached hydrogen (secondary N) is 2. The first-order valence-electron chi connectivity index (χ1n) is 10.0. The number of methoxy groups -OCH3 is 1. The topological polar surface area (TPSA) is 46.3 Å². The maximum Gasteiger partial charge on any atom is 0.161 e. The summed E-state index contributed by atoms with van der Waals surface area (Å²) in [5.74, 6) is 0.970. The van der Waals surface area contributed by atoms with E-state index in [1.807, 2.05) is 24.3 Å². The molecule has 0 saturated carbocycles. The van der Waals surface area contributed by atoms with E-state index in [-0.39, 0.29) is 24.8 Å². The molecule has 162 valence electrons. The number of aromatic amines is 1. The molecule has 31 heavy (non-hydrogen) atoms. The van der Waals surface area contributed by atoms with Gasteiger partial charge in [-0.3, -0.25) is 0 Å². The highest BCUT2D eigenvalue weighted by Gasteiger charge is 2.08. The van der Waals surface area contributed by atoms with Gasteiger partial charge < -0.3 is 32.2 Å². The quantitative estimate of drug-likeness (QED) is 0.393. The highest BCUT2D eigenvalue weighted by molar-refractivity contribution is 5.83. The number of halogens is 2. The molecule has 2 N–H and O–H groups in total. The normalized spacial score (nSPS) is 10.6. The molecule has 0 bridgehead atoms. The number of aromatic nitrogens is 1. The molecule has 6 heteroatoms. The van der Waals surface area contributed by atoms with Crippen molar-refractivity contribution in [2.24, 2.45) is 0 Å². The van der Waals surface area contributed by atoms with Gasteiger partial charge in [-0.1, -0.05) is 42.5 Å². The van der Waals surface area contributed by atoms with Crippen LogP contribution in [0.1, 0.15) is 16.7 Å². The molecular weight excluding hydrogens is 415 g/mol. The fraction of sp³-hybridized carbons (Fsp3) is 0.200. The Labute approximate surface area is 187 Å². The third-order valence-electron chi connectivity index (χ3n) is 5.14. The van der Waals surface area contributed by atoms with Gasteiger partial charge in [-0.15, -0.1) is 0 Å². The zero-order valence-electron chi connectivity index (χ0n) is 17.3.